The lowest BCUT2D eigenvalue weighted by atomic mass is 10.2. The molecule has 0 aliphatic carbocycles. The van der Waals surface area contributed by atoms with Gasteiger partial charge in [-0.3, -0.25) is 11.0 Å². The Kier molecular flexibility index (Phi) is 1.93. The van der Waals surface area contributed by atoms with E-state index in [1.54, 1.807) is 18.3 Å². The second kappa shape index (κ2) is 3.09. The summed E-state index contributed by atoms with van der Waals surface area (Å²) in [7, 11) is 0. The van der Waals surface area contributed by atoms with E-state index in [4.69, 9.17) is 5.84 Å². The topological polar surface area (TPSA) is 86.8 Å². The van der Waals surface area contributed by atoms with Gasteiger partial charge >= 0.3 is 0 Å². The van der Waals surface area contributed by atoms with Crippen molar-refractivity contribution in [1.82, 2.24) is 15.5 Å². The molecule has 0 saturated carbocycles. The standard InChI is InChI=1S/C7H9N5O/c8-11-7-5-2-1-3-9-6(5)10-4-12(7)13/h1-4,7,11,13H,8H2. The Balaban J connectivity index is 2.47. The molecule has 2 heterocycles. The zero-order chi connectivity index (χ0) is 9.26. The summed E-state index contributed by atoms with van der Waals surface area (Å²) < 4.78 is 0. The van der Waals surface area contributed by atoms with Crippen molar-refractivity contribution in [3.63, 3.8) is 0 Å². The normalized spacial score (nSPS) is 20.2. The SMILES string of the molecule is NNC1c2cccnc2N=CN1O. The highest BCUT2D eigenvalue weighted by Gasteiger charge is 2.22. The number of aromatic nitrogens is 1. The Morgan fingerprint density at radius 3 is 3.23 bits per heavy atom. The molecule has 1 aliphatic rings. The maximum atomic E-state index is 9.33. The highest BCUT2D eigenvalue weighted by Crippen LogP contribution is 2.26. The highest BCUT2D eigenvalue weighted by molar-refractivity contribution is 5.64. The average Bonchev–Trinajstić information content (AvgIpc) is 2.18. The molecule has 6 heteroatoms. The fraction of sp³-hybridized carbons (Fsp3) is 0.143. The van der Waals surface area contributed by atoms with Crippen LogP contribution in [0.1, 0.15) is 11.7 Å². The Morgan fingerprint density at radius 1 is 1.62 bits per heavy atom. The Hall–Kier alpha value is -1.50. The zero-order valence-corrected chi connectivity index (χ0v) is 6.75. The van der Waals surface area contributed by atoms with Gasteiger partial charge < -0.3 is 0 Å². The van der Waals surface area contributed by atoms with Gasteiger partial charge in [-0.05, 0) is 6.07 Å². The number of hydroxylamine groups is 2. The van der Waals surface area contributed by atoms with Gasteiger partial charge in [0.1, 0.15) is 12.5 Å². The van der Waals surface area contributed by atoms with Crippen molar-refractivity contribution in [2.24, 2.45) is 10.8 Å². The second-order valence-electron chi connectivity index (χ2n) is 2.61. The van der Waals surface area contributed by atoms with E-state index < -0.39 is 6.17 Å². The first-order valence-corrected chi connectivity index (χ1v) is 3.75. The van der Waals surface area contributed by atoms with Crippen LogP contribution in [0.15, 0.2) is 23.3 Å². The highest BCUT2D eigenvalue weighted by atomic mass is 16.5. The summed E-state index contributed by atoms with van der Waals surface area (Å²) in [6.07, 6.45) is 2.41. The van der Waals surface area contributed by atoms with Crippen molar-refractivity contribution < 1.29 is 5.21 Å². The molecule has 0 spiro atoms. The minimum absolute atomic E-state index is 0.485. The average molecular weight is 179 g/mol. The number of fused-ring (bicyclic) bond motifs is 1. The second-order valence-corrected chi connectivity index (χ2v) is 2.61. The van der Waals surface area contributed by atoms with Crippen LogP contribution < -0.4 is 11.3 Å². The number of pyridine rings is 1. The lowest BCUT2D eigenvalue weighted by Crippen LogP contribution is -2.40. The van der Waals surface area contributed by atoms with Gasteiger partial charge in [-0.2, -0.15) is 0 Å². The van der Waals surface area contributed by atoms with E-state index in [9.17, 15) is 5.21 Å². The van der Waals surface area contributed by atoms with E-state index in [0.717, 1.165) is 10.6 Å². The molecule has 0 saturated heterocycles. The third kappa shape index (κ3) is 1.26. The Morgan fingerprint density at radius 2 is 2.46 bits per heavy atom. The van der Waals surface area contributed by atoms with Gasteiger partial charge in [0.2, 0.25) is 0 Å². The molecular formula is C7H9N5O. The molecule has 1 aliphatic heterocycles. The van der Waals surface area contributed by atoms with E-state index in [1.807, 2.05) is 0 Å². The third-order valence-electron chi connectivity index (χ3n) is 1.83. The molecule has 0 fully saturated rings. The molecule has 0 bridgehead atoms. The van der Waals surface area contributed by atoms with Crippen molar-refractivity contribution in [2.45, 2.75) is 6.17 Å². The van der Waals surface area contributed by atoms with Gasteiger partial charge in [0, 0.05) is 11.8 Å². The smallest absolute Gasteiger partial charge is 0.160 e. The maximum Gasteiger partial charge on any atom is 0.160 e. The largest absolute Gasteiger partial charge is 0.286 e. The Bertz CT molecular complexity index is 339. The number of hydrogen-bond acceptors (Lipinski definition) is 6. The van der Waals surface area contributed by atoms with Crippen molar-refractivity contribution >= 4 is 12.2 Å². The quantitative estimate of drug-likeness (QED) is 0.414. The fourth-order valence-corrected chi connectivity index (χ4v) is 1.22. The van der Waals surface area contributed by atoms with Crippen LogP contribution in [-0.2, 0) is 0 Å². The fourth-order valence-electron chi connectivity index (χ4n) is 1.22. The van der Waals surface area contributed by atoms with Crippen LogP contribution in [0, 0.1) is 0 Å². The van der Waals surface area contributed by atoms with E-state index >= 15 is 0 Å². The molecule has 1 aromatic heterocycles. The number of hydrogen-bond donors (Lipinski definition) is 3. The van der Waals surface area contributed by atoms with Crippen LogP contribution in [0.5, 0.6) is 0 Å². The van der Waals surface area contributed by atoms with Crippen LogP contribution in [0.4, 0.5) is 5.82 Å². The molecule has 0 aromatic carbocycles. The van der Waals surface area contributed by atoms with Crippen molar-refractivity contribution in [3.8, 4) is 0 Å². The predicted molar refractivity (Wildman–Crippen MR) is 46.1 cm³/mol. The summed E-state index contributed by atoms with van der Waals surface area (Å²) >= 11 is 0. The molecular weight excluding hydrogens is 170 g/mol. The summed E-state index contributed by atoms with van der Waals surface area (Å²) in [6, 6.07) is 3.56. The summed E-state index contributed by atoms with van der Waals surface area (Å²) in [5.41, 5.74) is 3.20. The van der Waals surface area contributed by atoms with E-state index in [0.29, 0.717) is 5.82 Å². The van der Waals surface area contributed by atoms with Gasteiger partial charge in [-0.1, -0.05) is 6.07 Å². The third-order valence-corrected chi connectivity index (χ3v) is 1.83. The van der Waals surface area contributed by atoms with Crippen molar-refractivity contribution in [3.05, 3.63) is 23.9 Å². The number of nitrogens with two attached hydrogens (primary N) is 1. The summed E-state index contributed by atoms with van der Waals surface area (Å²) in [4.78, 5) is 7.94. The number of rotatable bonds is 1. The molecule has 2 rings (SSSR count). The van der Waals surface area contributed by atoms with Gasteiger partial charge in [-0.15, -0.1) is 0 Å². The lowest BCUT2D eigenvalue weighted by Gasteiger charge is -2.26. The first-order chi connectivity index (χ1) is 6.33. The lowest BCUT2D eigenvalue weighted by molar-refractivity contribution is -0.0624. The summed E-state index contributed by atoms with van der Waals surface area (Å²) in [6.45, 7) is 0. The molecule has 1 unspecified atom stereocenters. The molecule has 0 radical (unpaired) electrons. The van der Waals surface area contributed by atoms with Gasteiger partial charge in [-0.25, -0.2) is 20.5 Å². The van der Waals surface area contributed by atoms with Crippen LogP contribution in [0.2, 0.25) is 0 Å². The molecule has 1 atom stereocenters. The molecule has 0 amide bonds. The number of nitrogens with one attached hydrogen (secondary N) is 1. The molecule has 1 aromatic rings. The van der Waals surface area contributed by atoms with Gasteiger partial charge in [0.25, 0.3) is 0 Å². The Labute approximate surface area is 74.6 Å². The van der Waals surface area contributed by atoms with E-state index in [-0.39, 0.29) is 0 Å². The van der Waals surface area contributed by atoms with E-state index in [2.05, 4.69) is 15.4 Å². The van der Waals surface area contributed by atoms with Crippen molar-refractivity contribution in [1.29, 1.82) is 0 Å². The summed E-state index contributed by atoms with van der Waals surface area (Å²) in [5.74, 6) is 5.83. The molecule has 6 nitrogen and oxygen atoms in total. The minimum atomic E-state index is -0.485. The summed E-state index contributed by atoms with van der Waals surface area (Å²) in [5, 5.41) is 10.2. The first-order valence-electron chi connectivity index (χ1n) is 3.75. The number of aliphatic imine (C=N–C) groups is 1. The molecule has 13 heavy (non-hydrogen) atoms. The number of hydrazine groups is 1. The van der Waals surface area contributed by atoms with Crippen LogP contribution in [-0.4, -0.2) is 21.6 Å². The van der Waals surface area contributed by atoms with Crippen LogP contribution >= 0.6 is 0 Å². The monoisotopic (exact) mass is 179 g/mol. The maximum absolute atomic E-state index is 9.33. The minimum Gasteiger partial charge on any atom is -0.286 e. The van der Waals surface area contributed by atoms with E-state index in [1.165, 1.54) is 6.34 Å². The van der Waals surface area contributed by atoms with Crippen molar-refractivity contribution in [2.75, 3.05) is 0 Å². The predicted octanol–water partition coefficient (Wildman–Crippen LogP) is -0.0919. The zero-order valence-electron chi connectivity index (χ0n) is 6.75. The number of nitrogens with zero attached hydrogens (tertiary/aromatic N) is 3. The first kappa shape index (κ1) is 8.11. The van der Waals surface area contributed by atoms with Crippen LogP contribution in [0.3, 0.4) is 0 Å². The van der Waals surface area contributed by atoms with Crippen LogP contribution in [0.25, 0.3) is 0 Å². The van der Waals surface area contributed by atoms with Gasteiger partial charge in [0.15, 0.2) is 5.82 Å². The van der Waals surface area contributed by atoms with Gasteiger partial charge in [0.05, 0.1) is 0 Å². The molecule has 68 valence electrons. The molecule has 4 N–H and O–H groups in total.